The van der Waals surface area contributed by atoms with Crippen LogP contribution in [0.3, 0.4) is 0 Å². The third-order valence-corrected chi connectivity index (χ3v) is 4.26. The zero-order valence-electron chi connectivity index (χ0n) is 13.9. The number of phenolic OH excluding ortho intramolecular Hbond substituents is 1. The van der Waals surface area contributed by atoms with E-state index >= 15 is 0 Å². The van der Waals surface area contributed by atoms with Crippen molar-refractivity contribution in [3.63, 3.8) is 0 Å². The maximum atomic E-state index is 12.2. The lowest BCUT2D eigenvalue weighted by molar-refractivity contribution is 0.245. The molecule has 5 heteroatoms. The lowest BCUT2D eigenvalue weighted by Gasteiger charge is -2.24. The van der Waals surface area contributed by atoms with Crippen molar-refractivity contribution in [3.8, 4) is 5.75 Å². The summed E-state index contributed by atoms with van der Waals surface area (Å²) in [7, 11) is 2.03. The number of fused-ring (bicyclic) bond motifs is 1. The van der Waals surface area contributed by atoms with E-state index in [0.717, 1.165) is 12.1 Å². The second-order valence-corrected chi connectivity index (χ2v) is 6.15. The molecule has 0 radical (unpaired) electrons. The fourth-order valence-electron chi connectivity index (χ4n) is 2.72. The Morgan fingerprint density at radius 3 is 2.71 bits per heavy atom. The van der Waals surface area contributed by atoms with Crippen molar-refractivity contribution in [2.45, 2.75) is 25.9 Å². The normalized spacial score (nSPS) is 12.6. The first kappa shape index (κ1) is 16.2. The van der Waals surface area contributed by atoms with Crippen molar-refractivity contribution in [2.24, 2.45) is 0 Å². The average molecular weight is 323 g/mol. The predicted molar refractivity (Wildman–Crippen MR) is 94.2 cm³/mol. The summed E-state index contributed by atoms with van der Waals surface area (Å²) in [6, 6.07) is 14.7. The minimum absolute atomic E-state index is 0.0600. The third-order valence-electron chi connectivity index (χ3n) is 4.26. The first-order chi connectivity index (χ1) is 11.5. The number of rotatable bonds is 5. The van der Waals surface area contributed by atoms with Gasteiger partial charge in [-0.05, 0) is 50.2 Å². The van der Waals surface area contributed by atoms with Crippen LogP contribution in [-0.4, -0.2) is 32.5 Å². The first-order valence-electron chi connectivity index (χ1n) is 7.98. The fourth-order valence-corrected chi connectivity index (χ4v) is 2.72. The highest BCUT2D eigenvalue weighted by Crippen LogP contribution is 2.14. The maximum Gasteiger partial charge on any atom is 0.258 e. The van der Waals surface area contributed by atoms with Crippen LogP contribution < -0.4 is 5.56 Å². The SMILES string of the molecule is C[C@H](Cc1ccc(O)cc1)N(C)Cc1cc(=O)n2ccccc2n1. The van der Waals surface area contributed by atoms with Gasteiger partial charge in [0, 0.05) is 24.8 Å². The van der Waals surface area contributed by atoms with Crippen LogP contribution in [0.1, 0.15) is 18.2 Å². The van der Waals surface area contributed by atoms with Crippen molar-refractivity contribution in [2.75, 3.05) is 7.05 Å². The number of likely N-dealkylation sites (N-methyl/N-ethyl adjacent to an activating group) is 1. The minimum atomic E-state index is -0.0600. The molecule has 1 atom stereocenters. The van der Waals surface area contributed by atoms with Crippen molar-refractivity contribution in [1.82, 2.24) is 14.3 Å². The van der Waals surface area contributed by atoms with Crippen molar-refractivity contribution >= 4 is 5.65 Å². The van der Waals surface area contributed by atoms with Gasteiger partial charge in [-0.1, -0.05) is 18.2 Å². The monoisotopic (exact) mass is 323 g/mol. The number of hydrogen-bond donors (Lipinski definition) is 1. The molecule has 24 heavy (non-hydrogen) atoms. The van der Waals surface area contributed by atoms with Gasteiger partial charge in [-0.2, -0.15) is 0 Å². The lowest BCUT2D eigenvalue weighted by Crippen LogP contribution is -2.31. The van der Waals surface area contributed by atoms with Crippen LogP contribution in [0.25, 0.3) is 5.65 Å². The number of benzene rings is 1. The molecular weight excluding hydrogens is 302 g/mol. The Balaban J connectivity index is 1.73. The molecule has 1 N–H and O–H groups in total. The molecule has 2 aromatic heterocycles. The average Bonchev–Trinajstić information content (AvgIpc) is 2.57. The summed E-state index contributed by atoms with van der Waals surface area (Å²) in [6.07, 6.45) is 2.59. The predicted octanol–water partition coefficient (Wildman–Crippen LogP) is 2.46. The lowest BCUT2D eigenvalue weighted by atomic mass is 10.1. The standard InChI is InChI=1S/C19H21N3O2/c1-14(11-15-6-8-17(23)9-7-15)21(2)13-16-12-19(24)22-10-4-3-5-18(22)20-16/h3-10,12,14,23H,11,13H2,1-2H3/t14-/m1/s1. The highest BCUT2D eigenvalue weighted by atomic mass is 16.3. The number of phenols is 1. The molecular formula is C19H21N3O2. The van der Waals surface area contributed by atoms with Gasteiger partial charge >= 0.3 is 0 Å². The highest BCUT2D eigenvalue weighted by molar-refractivity contribution is 5.38. The number of nitrogens with zero attached hydrogens (tertiary/aromatic N) is 3. The Labute approximate surface area is 140 Å². The van der Waals surface area contributed by atoms with E-state index in [4.69, 9.17) is 0 Å². The Hall–Kier alpha value is -2.66. The first-order valence-corrected chi connectivity index (χ1v) is 7.98. The van der Waals surface area contributed by atoms with Crippen molar-refractivity contribution < 1.29 is 5.11 Å². The van der Waals surface area contributed by atoms with E-state index in [0.29, 0.717) is 12.2 Å². The molecule has 0 spiro atoms. The molecule has 3 rings (SSSR count). The van der Waals surface area contributed by atoms with Crippen LogP contribution in [0.2, 0.25) is 0 Å². The largest absolute Gasteiger partial charge is 0.508 e. The number of pyridine rings is 1. The van der Waals surface area contributed by atoms with Crippen LogP contribution in [0.15, 0.2) is 59.5 Å². The molecule has 0 unspecified atom stereocenters. The fraction of sp³-hybridized carbons (Fsp3) is 0.263. The van der Waals surface area contributed by atoms with E-state index in [9.17, 15) is 9.90 Å². The summed E-state index contributed by atoms with van der Waals surface area (Å²) in [6.45, 7) is 2.75. The molecule has 0 saturated carbocycles. The van der Waals surface area contributed by atoms with Crippen LogP contribution >= 0.6 is 0 Å². The van der Waals surface area contributed by atoms with Crippen LogP contribution in [0.4, 0.5) is 0 Å². The van der Waals surface area contributed by atoms with Gasteiger partial charge in [0.2, 0.25) is 0 Å². The molecule has 0 aliphatic rings. The van der Waals surface area contributed by atoms with Gasteiger partial charge in [-0.25, -0.2) is 4.98 Å². The maximum absolute atomic E-state index is 12.2. The van der Waals surface area contributed by atoms with Crippen LogP contribution in [0, 0.1) is 0 Å². The van der Waals surface area contributed by atoms with E-state index in [1.165, 1.54) is 5.56 Å². The quantitative estimate of drug-likeness (QED) is 0.783. The Bertz CT molecular complexity index is 887. The molecule has 0 bridgehead atoms. The molecule has 0 amide bonds. The second-order valence-electron chi connectivity index (χ2n) is 6.15. The van der Waals surface area contributed by atoms with Gasteiger partial charge in [-0.15, -0.1) is 0 Å². The van der Waals surface area contributed by atoms with Crippen LogP contribution in [-0.2, 0) is 13.0 Å². The number of aromatic nitrogens is 2. The van der Waals surface area contributed by atoms with Crippen molar-refractivity contribution in [3.05, 3.63) is 76.3 Å². The van der Waals surface area contributed by atoms with Gasteiger partial charge in [0.15, 0.2) is 0 Å². The van der Waals surface area contributed by atoms with Gasteiger partial charge in [0.1, 0.15) is 11.4 Å². The van der Waals surface area contributed by atoms with E-state index in [2.05, 4.69) is 16.8 Å². The summed E-state index contributed by atoms with van der Waals surface area (Å²) in [4.78, 5) is 18.9. The molecule has 0 aliphatic carbocycles. The Morgan fingerprint density at radius 2 is 1.96 bits per heavy atom. The van der Waals surface area contributed by atoms with Gasteiger partial charge < -0.3 is 5.11 Å². The molecule has 5 nitrogen and oxygen atoms in total. The molecule has 3 aromatic rings. The van der Waals surface area contributed by atoms with Crippen molar-refractivity contribution in [1.29, 1.82) is 0 Å². The Morgan fingerprint density at radius 1 is 1.21 bits per heavy atom. The summed E-state index contributed by atoms with van der Waals surface area (Å²) >= 11 is 0. The minimum Gasteiger partial charge on any atom is -0.508 e. The molecule has 0 aliphatic heterocycles. The highest BCUT2D eigenvalue weighted by Gasteiger charge is 2.12. The summed E-state index contributed by atoms with van der Waals surface area (Å²) in [5.74, 6) is 0.278. The topological polar surface area (TPSA) is 57.8 Å². The Kier molecular flexibility index (Phi) is 4.62. The third kappa shape index (κ3) is 3.63. The molecule has 124 valence electrons. The molecule has 0 saturated heterocycles. The molecule has 1 aromatic carbocycles. The zero-order valence-corrected chi connectivity index (χ0v) is 13.9. The molecule has 2 heterocycles. The van der Waals surface area contributed by atoms with E-state index in [1.54, 1.807) is 28.8 Å². The van der Waals surface area contributed by atoms with Crippen LogP contribution in [0.5, 0.6) is 5.75 Å². The number of aromatic hydroxyl groups is 1. The summed E-state index contributed by atoms with van der Waals surface area (Å²) in [5.41, 5.74) is 2.54. The van der Waals surface area contributed by atoms with Gasteiger partial charge in [-0.3, -0.25) is 14.1 Å². The smallest absolute Gasteiger partial charge is 0.258 e. The zero-order chi connectivity index (χ0) is 17.1. The summed E-state index contributed by atoms with van der Waals surface area (Å²) < 4.78 is 1.55. The molecule has 0 fully saturated rings. The van der Waals surface area contributed by atoms with Gasteiger partial charge in [0.05, 0.1) is 5.69 Å². The second kappa shape index (κ2) is 6.84. The summed E-state index contributed by atoms with van der Waals surface area (Å²) in [5, 5.41) is 9.36. The van der Waals surface area contributed by atoms with Gasteiger partial charge in [0.25, 0.3) is 5.56 Å². The van der Waals surface area contributed by atoms with E-state index in [1.807, 2.05) is 37.4 Å². The van der Waals surface area contributed by atoms with E-state index in [-0.39, 0.29) is 17.4 Å². The number of hydrogen-bond acceptors (Lipinski definition) is 4. The van der Waals surface area contributed by atoms with E-state index < -0.39 is 0 Å².